The van der Waals surface area contributed by atoms with Crippen LogP contribution in [0.5, 0.6) is 5.75 Å². The first-order chi connectivity index (χ1) is 26.1. The second kappa shape index (κ2) is 14.7. The molecular formula is C42H48N8O4. The number of aryl methyl sites for hydroxylation is 2. The number of likely N-dealkylation sites (N-methyl/N-ethyl adjacent to an activating group) is 1. The van der Waals surface area contributed by atoms with Gasteiger partial charge in [0.1, 0.15) is 5.75 Å². The van der Waals surface area contributed by atoms with Gasteiger partial charge in [-0.1, -0.05) is 0 Å². The quantitative estimate of drug-likeness (QED) is 0.272. The fourth-order valence-corrected chi connectivity index (χ4v) is 8.58. The van der Waals surface area contributed by atoms with Crippen molar-refractivity contribution in [2.24, 2.45) is 13.0 Å². The number of benzene rings is 3. The zero-order valence-electron chi connectivity index (χ0n) is 31.4. The van der Waals surface area contributed by atoms with Crippen LogP contribution in [0.25, 0.3) is 10.9 Å². The minimum absolute atomic E-state index is 0.0165. The molecule has 0 spiro atoms. The summed E-state index contributed by atoms with van der Waals surface area (Å²) in [5.74, 6) is 0.671. The van der Waals surface area contributed by atoms with Crippen molar-refractivity contribution in [3.05, 3.63) is 82.1 Å². The van der Waals surface area contributed by atoms with Crippen LogP contribution in [-0.4, -0.2) is 93.3 Å². The molecule has 0 radical (unpaired) electrons. The third-order valence-electron chi connectivity index (χ3n) is 11.8. The van der Waals surface area contributed by atoms with E-state index in [0.29, 0.717) is 35.6 Å². The average Bonchev–Trinajstić information content (AvgIpc) is 3.19. The summed E-state index contributed by atoms with van der Waals surface area (Å²) in [7, 11) is 3.96. The Labute approximate surface area is 316 Å². The zero-order valence-corrected chi connectivity index (χ0v) is 31.4. The minimum Gasteiger partial charge on any atom is -0.481 e. The van der Waals surface area contributed by atoms with Crippen LogP contribution in [0.2, 0.25) is 0 Å². The van der Waals surface area contributed by atoms with Crippen molar-refractivity contribution in [3.63, 3.8) is 0 Å². The van der Waals surface area contributed by atoms with Crippen molar-refractivity contribution in [1.82, 2.24) is 14.8 Å². The number of nitrogens with one attached hydrogen (secondary N) is 1. The van der Waals surface area contributed by atoms with E-state index in [-0.39, 0.29) is 17.4 Å². The van der Waals surface area contributed by atoms with Gasteiger partial charge in [-0.05, 0) is 86.3 Å². The lowest BCUT2D eigenvalue weighted by atomic mass is 9.95. The molecule has 12 heteroatoms. The third kappa shape index (κ3) is 6.96. The summed E-state index contributed by atoms with van der Waals surface area (Å²) in [5.41, 5.74) is 7.73. The molecule has 4 aliphatic heterocycles. The number of piperazine rings is 1. The first kappa shape index (κ1) is 35.5. The molecule has 4 aliphatic rings. The van der Waals surface area contributed by atoms with Crippen LogP contribution in [0.15, 0.2) is 65.5 Å². The first-order valence-corrected chi connectivity index (χ1v) is 19.1. The van der Waals surface area contributed by atoms with Gasteiger partial charge < -0.3 is 28.9 Å². The van der Waals surface area contributed by atoms with E-state index in [1.165, 1.54) is 0 Å². The van der Waals surface area contributed by atoms with Crippen molar-refractivity contribution < 1.29 is 14.3 Å². The second-order valence-corrected chi connectivity index (χ2v) is 15.2. The number of nitrogens with zero attached hydrogens (tertiary/aromatic N) is 7. The Morgan fingerprint density at radius 2 is 1.52 bits per heavy atom. The first-order valence-electron chi connectivity index (χ1n) is 19.1. The van der Waals surface area contributed by atoms with Gasteiger partial charge >= 0.3 is 0 Å². The molecule has 4 aromatic rings. The molecule has 1 atom stereocenters. The second-order valence-electron chi connectivity index (χ2n) is 15.2. The summed E-state index contributed by atoms with van der Waals surface area (Å²) in [6.45, 7) is 10.4. The van der Waals surface area contributed by atoms with E-state index >= 15 is 0 Å². The van der Waals surface area contributed by atoms with Gasteiger partial charge in [-0.2, -0.15) is 5.26 Å². The number of anilines is 5. The maximum atomic E-state index is 13.2. The minimum atomic E-state index is -0.629. The van der Waals surface area contributed by atoms with Crippen molar-refractivity contribution in [2.75, 3.05) is 85.6 Å². The maximum absolute atomic E-state index is 13.2. The number of imide groups is 1. The van der Waals surface area contributed by atoms with Gasteiger partial charge in [0.05, 0.1) is 34.2 Å². The molecule has 2 amide bonds. The van der Waals surface area contributed by atoms with Crippen LogP contribution >= 0.6 is 0 Å². The molecule has 12 nitrogen and oxygen atoms in total. The van der Waals surface area contributed by atoms with Crippen molar-refractivity contribution in [2.45, 2.75) is 38.7 Å². The lowest BCUT2D eigenvalue weighted by Crippen LogP contribution is -2.49. The Morgan fingerprint density at radius 1 is 0.778 bits per heavy atom. The highest BCUT2D eigenvalue weighted by atomic mass is 16.5. The van der Waals surface area contributed by atoms with Gasteiger partial charge in [-0.15, -0.1) is 0 Å². The van der Waals surface area contributed by atoms with Crippen LogP contribution in [-0.2, 0) is 16.6 Å². The fraction of sp³-hybridized carbons (Fsp3) is 0.429. The highest BCUT2D eigenvalue weighted by Crippen LogP contribution is 2.42. The van der Waals surface area contributed by atoms with Gasteiger partial charge in [-0.25, -0.2) is 0 Å². The molecule has 3 aromatic carbocycles. The largest absolute Gasteiger partial charge is 0.481 e. The lowest BCUT2D eigenvalue weighted by molar-refractivity contribution is -0.138. The molecule has 1 unspecified atom stereocenters. The van der Waals surface area contributed by atoms with Gasteiger partial charge in [0.25, 0.3) is 11.5 Å². The van der Waals surface area contributed by atoms with E-state index in [0.717, 1.165) is 111 Å². The number of hydrogen-bond donors (Lipinski definition) is 1. The van der Waals surface area contributed by atoms with Crippen molar-refractivity contribution in [3.8, 4) is 11.8 Å². The zero-order chi connectivity index (χ0) is 37.5. The number of fused-ring (bicyclic) bond motifs is 2. The predicted molar refractivity (Wildman–Crippen MR) is 212 cm³/mol. The number of piperidine rings is 2. The Morgan fingerprint density at radius 3 is 2.24 bits per heavy atom. The topological polar surface area (TPSA) is 117 Å². The standard InChI is InChI=1S/C42H48N8O4/c1-28-22-34-36(46(3)42(28)53)24-32(25-37(34)50-21-16-45(2)35-9-4-30(26-43)23-38(35)50)49-19-17-47(18-20-49)27-29-12-14-48(15-13-29)31-5-7-33(8-6-31)54-39-10-11-40(51)44-41(39)52/h4-9,22-25,29,39H,10-21,27H2,1-3H3,(H,44,51,52). The number of amides is 2. The molecule has 8 rings (SSSR count). The van der Waals surface area contributed by atoms with E-state index in [9.17, 15) is 19.6 Å². The molecule has 3 fully saturated rings. The normalized spacial score (nSPS) is 19.9. The van der Waals surface area contributed by atoms with Crippen molar-refractivity contribution >= 4 is 51.2 Å². The molecule has 0 aliphatic carbocycles. The van der Waals surface area contributed by atoms with Crippen molar-refractivity contribution in [1.29, 1.82) is 5.26 Å². The number of carbonyl (C=O) groups excluding carboxylic acids is 2. The summed E-state index contributed by atoms with van der Waals surface area (Å²) in [6, 6.07) is 22.7. The molecule has 1 N–H and O–H groups in total. The molecule has 54 heavy (non-hydrogen) atoms. The predicted octanol–water partition coefficient (Wildman–Crippen LogP) is 4.53. The highest BCUT2D eigenvalue weighted by Gasteiger charge is 2.30. The molecule has 3 saturated heterocycles. The Balaban J connectivity index is 0.917. The van der Waals surface area contributed by atoms with Crippen LogP contribution in [0.1, 0.15) is 36.8 Å². The summed E-state index contributed by atoms with van der Waals surface area (Å²) in [4.78, 5) is 48.8. The van der Waals surface area contributed by atoms with E-state index in [1.807, 2.05) is 50.4 Å². The van der Waals surface area contributed by atoms with E-state index in [2.05, 4.69) is 67.2 Å². The third-order valence-corrected chi connectivity index (χ3v) is 11.8. The van der Waals surface area contributed by atoms with E-state index in [1.54, 1.807) is 4.57 Å². The smallest absolute Gasteiger partial charge is 0.267 e. The molecule has 1 aromatic heterocycles. The number of nitriles is 1. The molecule has 0 saturated carbocycles. The van der Waals surface area contributed by atoms with Gasteiger partial charge in [0.2, 0.25) is 5.91 Å². The molecular weight excluding hydrogens is 681 g/mol. The number of aromatic nitrogens is 1. The summed E-state index contributed by atoms with van der Waals surface area (Å²) >= 11 is 0. The van der Waals surface area contributed by atoms with E-state index < -0.39 is 6.10 Å². The molecule has 0 bridgehead atoms. The molecule has 280 valence electrons. The number of carbonyl (C=O) groups is 2. The Bertz CT molecular complexity index is 2180. The van der Waals surface area contributed by atoms with Gasteiger partial charge in [0, 0.05) is 108 Å². The number of hydrogen-bond acceptors (Lipinski definition) is 10. The lowest BCUT2D eigenvalue weighted by Gasteiger charge is -2.41. The monoisotopic (exact) mass is 728 g/mol. The SMILES string of the molecule is Cc1cc2c(N3CCN(C)c4ccc(C#N)cc43)cc(N3CCN(CC4CCN(c5ccc(OC6CCC(=O)NC6=O)cc5)CC4)CC3)cc2n(C)c1=O. The summed E-state index contributed by atoms with van der Waals surface area (Å²) in [6.07, 6.45) is 2.34. The van der Waals surface area contributed by atoms with Gasteiger partial charge in [0.15, 0.2) is 6.10 Å². The van der Waals surface area contributed by atoms with Crippen LogP contribution in [0, 0.1) is 24.2 Å². The fourth-order valence-electron chi connectivity index (χ4n) is 8.58. The van der Waals surface area contributed by atoms with E-state index in [4.69, 9.17) is 4.74 Å². The summed E-state index contributed by atoms with van der Waals surface area (Å²) in [5, 5.41) is 13.1. The Kier molecular flexibility index (Phi) is 9.67. The van der Waals surface area contributed by atoms with Gasteiger partial charge in [-0.3, -0.25) is 24.6 Å². The average molecular weight is 729 g/mol. The number of ether oxygens (including phenoxy) is 1. The number of pyridine rings is 1. The Hall–Kier alpha value is -5.54. The van der Waals surface area contributed by atoms with Crippen LogP contribution in [0.4, 0.5) is 28.4 Å². The maximum Gasteiger partial charge on any atom is 0.267 e. The number of rotatable bonds is 7. The van der Waals surface area contributed by atoms with Crippen LogP contribution < -0.4 is 35.2 Å². The van der Waals surface area contributed by atoms with Crippen LogP contribution in [0.3, 0.4) is 0 Å². The summed E-state index contributed by atoms with van der Waals surface area (Å²) < 4.78 is 7.65. The highest BCUT2D eigenvalue weighted by molar-refractivity contribution is 6.00. The molecule has 5 heterocycles.